The summed E-state index contributed by atoms with van der Waals surface area (Å²) < 4.78 is 0. The van der Waals surface area contributed by atoms with E-state index in [9.17, 15) is 136 Å². The van der Waals surface area contributed by atoms with Gasteiger partial charge in [-0.15, -0.1) is 46.4 Å². The molecule has 53 heteroatoms. The fourth-order valence-corrected chi connectivity index (χ4v) is 16.4. The van der Waals surface area contributed by atoms with Crippen LogP contribution in [0.15, 0.2) is 0 Å². The van der Waals surface area contributed by atoms with Crippen LogP contribution in [0, 0.1) is 0 Å². The molecule has 0 aromatic carbocycles. The van der Waals surface area contributed by atoms with E-state index in [0.29, 0.717) is 25.7 Å². The molecule has 7 aliphatic heterocycles. The van der Waals surface area contributed by atoms with Crippen molar-refractivity contribution in [3.8, 4) is 0 Å². The van der Waals surface area contributed by atoms with Crippen molar-refractivity contribution >= 4 is 170 Å². The molecule has 7 aliphatic rings. The minimum Gasteiger partial charge on any atom is -0.394 e. The standard InChI is InChI=1S/C73H109Cl4N21O28/c74-22-53(106)92-15-1-8-46(92)64(117)86-40(30-100)58(111)79-27-37(82-61(114)43(33-103)89-66(119)48-10-3-17-94(48)55(108)24-76)72(125)97-20-6-13-51(97)69(122)88-42(32-102)60(113)81-26-36(71(124)96-19-5-12-50(96)68(121)85-39(29-99)57(78)110)84-63(116)45(35-105)91-70(123)52-14-7-21-98(52)73(126)38(83-62(115)44(34-104)90-67(120)49-11-4-18-95(49)56(109)25-77)28-80-59(112)41(31-101)87-65(118)47-9-2-16-93(47)54(107)23-75/h36-52,99-105H,1-35H2,(H2,78,110)(H,79,111)(H,80,112)(H,81,113)(H,82,114)(H,83,115)(H,84,116)(H,85,121)(H,86,117)(H,87,118)(H,88,122)(H,89,119)(H,90,120)(H,91,123)/t36-,37-,38-,39-,40-,41-,42-,43-,44-,45-,46-,47-,48-,49-,50-,51-,52-/m0/s1. The second kappa shape index (κ2) is 49.8. The van der Waals surface area contributed by atoms with Gasteiger partial charge in [0.15, 0.2) is 0 Å². The lowest BCUT2D eigenvalue weighted by atomic mass is 10.1. The third-order valence-electron chi connectivity index (χ3n) is 22.5. The second-order valence-electron chi connectivity index (χ2n) is 30.6. The maximum atomic E-state index is 14.9. The minimum absolute atomic E-state index is 0.00985. The van der Waals surface area contributed by atoms with Crippen LogP contribution in [0.4, 0.5) is 0 Å². The third kappa shape index (κ3) is 26.7. The number of nitrogens with two attached hydrogens (primary N) is 1. The highest BCUT2D eigenvalue weighted by Crippen LogP contribution is 2.26. The number of hydrogen-bond acceptors (Lipinski definition) is 28. The molecule has 702 valence electrons. The van der Waals surface area contributed by atoms with Crippen molar-refractivity contribution < 1.29 is 136 Å². The molecule has 7 fully saturated rings. The number of aliphatic hydroxyl groups excluding tert-OH is 7. The molecule has 7 rings (SSSR count). The quantitative estimate of drug-likeness (QED) is 0.0252. The van der Waals surface area contributed by atoms with Gasteiger partial charge in [-0.2, -0.15) is 0 Å². The first-order valence-corrected chi connectivity index (χ1v) is 43.0. The molecule has 21 amide bonds. The molecule has 126 heavy (non-hydrogen) atoms. The summed E-state index contributed by atoms with van der Waals surface area (Å²) in [5.41, 5.74) is 5.35. The van der Waals surface area contributed by atoms with Gasteiger partial charge in [-0.25, -0.2) is 0 Å². The Hall–Kier alpha value is -10.2. The number of nitrogens with zero attached hydrogens (tertiary/aromatic N) is 7. The van der Waals surface area contributed by atoms with Gasteiger partial charge in [-0.3, -0.25) is 101 Å². The Labute approximate surface area is 740 Å². The Morgan fingerprint density at radius 3 is 0.587 bits per heavy atom. The second-order valence-corrected chi connectivity index (χ2v) is 31.7. The molecule has 0 spiro atoms. The van der Waals surface area contributed by atoms with Gasteiger partial charge in [0, 0.05) is 65.4 Å². The Bertz CT molecular complexity index is 4020. The van der Waals surface area contributed by atoms with Crippen LogP contribution < -0.4 is 74.9 Å². The van der Waals surface area contributed by atoms with Crippen molar-refractivity contribution in [2.75, 3.05) is 135 Å². The summed E-state index contributed by atoms with van der Waals surface area (Å²) in [6, 6.07) is -28.2. The number of carbonyl (C=O) groups is 21. The first-order chi connectivity index (χ1) is 60.1. The van der Waals surface area contributed by atoms with Crippen LogP contribution in [0.1, 0.15) is 89.9 Å². The first-order valence-electron chi connectivity index (χ1n) is 40.9. The Balaban J connectivity index is 1.10. The van der Waals surface area contributed by atoms with Crippen molar-refractivity contribution in [3.63, 3.8) is 0 Å². The van der Waals surface area contributed by atoms with E-state index in [0.717, 1.165) is 24.5 Å². The summed E-state index contributed by atoms with van der Waals surface area (Å²) in [6.07, 6.45) is 1.63. The highest BCUT2D eigenvalue weighted by atomic mass is 35.5. The third-order valence-corrected chi connectivity index (χ3v) is 23.4. The topological polar surface area (TPSA) is 705 Å². The number of aliphatic hydroxyl groups is 7. The van der Waals surface area contributed by atoms with Crippen LogP contribution in [0.2, 0.25) is 0 Å². The predicted molar refractivity (Wildman–Crippen MR) is 433 cm³/mol. The zero-order chi connectivity index (χ0) is 92.9. The van der Waals surface area contributed by atoms with E-state index < -0.39 is 316 Å². The Morgan fingerprint density at radius 1 is 0.246 bits per heavy atom. The van der Waals surface area contributed by atoms with Gasteiger partial charge < -0.3 is 145 Å². The highest BCUT2D eigenvalue weighted by Gasteiger charge is 2.47. The lowest BCUT2D eigenvalue weighted by molar-refractivity contribution is -0.144. The molecule has 49 nitrogen and oxygen atoms in total. The molecule has 0 aromatic heterocycles. The molecule has 0 aromatic rings. The van der Waals surface area contributed by atoms with Gasteiger partial charge in [0.1, 0.15) is 126 Å². The zero-order valence-corrected chi connectivity index (χ0v) is 71.5. The fourth-order valence-electron chi connectivity index (χ4n) is 15.8. The summed E-state index contributed by atoms with van der Waals surface area (Å²) in [5.74, 6) is -23.5. The lowest BCUT2D eigenvalue weighted by Gasteiger charge is -2.32. The number of alkyl halides is 4. The van der Waals surface area contributed by atoms with E-state index in [4.69, 9.17) is 52.1 Å². The van der Waals surface area contributed by atoms with Crippen LogP contribution in [0.25, 0.3) is 0 Å². The van der Waals surface area contributed by atoms with Gasteiger partial charge in [0.25, 0.3) is 0 Å². The summed E-state index contributed by atoms with van der Waals surface area (Å²) in [7, 11) is 0. The van der Waals surface area contributed by atoms with Crippen LogP contribution in [0.3, 0.4) is 0 Å². The molecular formula is C73H109Cl4N21O28. The molecule has 17 atom stereocenters. The molecular weight excluding hydrogens is 1760 g/mol. The van der Waals surface area contributed by atoms with Crippen molar-refractivity contribution in [3.05, 3.63) is 0 Å². The van der Waals surface area contributed by atoms with Gasteiger partial charge in [0.2, 0.25) is 124 Å². The maximum Gasteiger partial charge on any atom is 0.247 e. The molecule has 0 saturated carbocycles. The molecule has 0 unspecified atom stereocenters. The summed E-state index contributed by atoms with van der Waals surface area (Å²) in [5, 5.41) is 103. The predicted octanol–water partition coefficient (Wildman–Crippen LogP) is -14.5. The molecule has 22 N–H and O–H groups in total. The normalized spacial score (nSPS) is 22.1. The maximum absolute atomic E-state index is 14.9. The number of hydrogen-bond donors (Lipinski definition) is 21. The monoisotopic (exact) mass is 1870 g/mol. The number of amides is 21. The van der Waals surface area contributed by atoms with E-state index >= 15 is 0 Å². The SMILES string of the molecule is NC(=O)[C@H](CO)NC(=O)[C@@H]1CCCN1C(=O)[C@H](CNC(=O)[C@H](CO)NC(=O)[C@@H]1CCCN1C(=O)[C@H](CNC(=O)[C@H](CO)NC(=O)[C@@H]1CCCN1C(=O)CCl)NC(=O)[C@H](CO)NC(=O)[C@@H]1CCCN1C(=O)CCl)NC(=O)[C@H](CO)NC(=O)[C@@H]1CCCN1C(=O)[C@H](CNC(=O)[C@H](CO)NC(=O)[C@@H]1CCCN1C(=O)CCl)NC(=O)[C@H](CO)NC(=O)[C@@H]1CCCN1C(=O)CCl. The Kier molecular flexibility index (Phi) is 40.6. The number of primary amides is 1. The minimum atomic E-state index is -2.10. The van der Waals surface area contributed by atoms with Gasteiger partial charge >= 0.3 is 0 Å². The number of carbonyl (C=O) groups excluding carboxylic acids is 21. The average Bonchev–Trinajstić information content (AvgIpc) is 1.61. The number of nitrogens with one attached hydrogen (secondary N) is 13. The van der Waals surface area contributed by atoms with E-state index in [1.807, 2.05) is 0 Å². The van der Waals surface area contributed by atoms with E-state index in [1.54, 1.807) is 0 Å². The van der Waals surface area contributed by atoms with Crippen molar-refractivity contribution in [1.82, 2.24) is 103 Å². The van der Waals surface area contributed by atoms with Crippen LogP contribution in [0.5, 0.6) is 0 Å². The molecule has 0 bridgehead atoms. The lowest BCUT2D eigenvalue weighted by Crippen LogP contribution is -2.63. The largest absolute Gasteiger partial charge is 0.394 e. The summed E-state index contributed by atoms with van der Waals surface area (Å²) >= 11 is 23.0. The molecule has 0 radical (unpaired) electrons. The van der Waals surface area contributed by atoms with Gasteiger partial charge in [-0.05, 0) is 89.9 Å². The first kappa shape index (κ1) is 103. The smallest absolute Gasteiger partial charge is 0.247 e. The van der Waals surface area contributed by atoms with Gasteiger partial charge in [-0.1, -0.05) is 0 Å². The van der Waals surface area contributed by atoms with Gasteiger partial charge in [0.05, 0.1) is 46.2 Å². The van der Waals surface area contributed by atoms with Crippen molar-refractivity contribution in [2.24, 2.45) is 5.73 Å². The molecule has 0 aliphatic carbocycles. The van der Waals surface area contributed by atoms with Crippen LogP contribution >= 0.6 is 46.4 Å². The number of halogens is 4. The zero-order valence-electron chi connectivity index (χ0n) is 68.5. The van der Waals surface area contributed by atoms with E-state index in [-0.39, 0.29) is 110 Å². The van der Waals surface area contributed by atoms with E-state index in [2.05, 4.69) is 69.1 Å². The fraction of sp³-hybridized carbons (Fsp3) is 0.712. The summed E-state index contributed by atoms with van der Waals surface area (Å²) in [6.45, 7) is -11.1. The number of likely N-dealkylation sites (tertiary alicyclic amines) is 7. The number of rotatable bonds is 44. The van der Waals surface area contributed by atoms with Crippen LogP contribution in [-0.4, -0.2) is 432 Å². The van der Waals surface area contributed by atoms with Crippen molar-refractivity contribution in [2.45, 2.75) is 193 Å². The Morgan fingerprint density at radius 2 is 0.413 bits per heavy atom. The van der Waals surface area contributed by atoms with E-state index in [1.165, 1.54) is 9.80 Å². The average molecular weight is 1870 g/mol. The van der Waals surface area contributed by atoms with Crippen LogP contribution in [-0.2, 0) is 101 Å². The summed E-state index contributed by atoms with van der Waals surface area (Å²) in [4.78, 5) is 296. The van der Waals surface area contributed by atoms with Crippen molar-refractivity contribution in [1.29, 1.82) is 0 Å². The highest BCUT2D eigenvalue weighted by molar-refractivity contribution is 6.28. The molecule has 7 heterocycles. The molecule has 7 saturated heterocycles.